The topological polar surface area (TPSA) is 84.4 Å². The molecule has 1 saturated heterocycles. The number of hydrogen-bond donors (Lipinski definition) is 1. The van der Waals surface area contributed by atoms with Crippen LogP contribution in [0.2, 0.25) is 0 Å². The molecule has 4 heterocycles. The SMILES string of the molecule is Cc1nc2n(c(=O)c1CCN1CCC(c3noc4ccc(F)cc34)CC1)CCC[C@@H]2O. The Bertz CT molecular complexity index is 1160. The number of likely N-dealkylation sites (tertiary alicyclic amines) is 1. The first-order chi connectivity index (χ1) is 15.0. The molecule has 1 atom stereocenters. The van der Waals surface area contributed by atoms with Gasteiger partial charge in [0.15, 0.2) is 5.58 Å². The third kappa shape index (κ3) is 3.78. The number of aromatic nitrogens is 3. The first-order valence-corrected chi connectivity index (χ1v) is 11.1. The molecule has 0 unspecified atom stereocenters. The molecule has 8 heteroatoms. The van der Waals surface area contributed by atoms with Crippen LogP contribution >= 0.6 is 0 Å². The normalized spacial score (nSPS) is 20.3. The fourth-order valence-corrected chi connectivity index (χ4v) is 4.98. The quantitative estimate of drug-likeness (QED) is 0.690. The Morgan fingerprint density at radius 3 is 2.84 bits per heavy atom. The van der Waals surface area contributed by atoms with Crippen LogP contribution in [0.25, 0.3) is 11.0 Å². The molecule has 3 aromatic rings. The largest absolute Gasteiger partial charge is 0.385 e. The van der Waals surface area contributed by atoms with Gasteiger partial charge in [-0.05, 0) is 70.3 Å². The standard InChI is InChI=1S/C23H27FN4O3/c1-14-17(23(30)28-9-2-3-19(29)22(28)25-14)8-12-27-10-6-15(7-11-27)21-18-13-16(24)4-5-20(18)31-26-21/h4-5,13,15,19,29H,2-3,6-12H2,1H3/t19-/m0/s1. The van der Waals surface area contributed by atoms with Crippen LogP contribution in [-0.4, -0.2) is 44.3 Å². The number of aryl methyl sites for hydroxylation is 1. The van der Waals surface area contributed by atoms with E-state index in [9.17, 15) is 14.3 Å². The number of aliphatic hydroxyl groups is 1. The summed E-state index contributed by atoms with van der Waals surface area (Å²) in [5, 5.41) is 15.1. The molecule has 0 spiro atoms. The zero-order valence-corrected chi connectivity index (χ0v) is 17.7. The molecule has 1 N–H and O–H groups in total. The first kappa shape index (κ1) is 20.3. The molecular weight excluding hydrogens is 399 g/mol. The van der Waals surface area contributed by atoms with Crippen LogP contribution in [0.1, 0.15) is 60.5 Å². The van der Waals surface area contributed by atoms with Crippen molar-refractivity contribution in [3.63, 3.8) is 0 Å². The molecule has 2 aromatic heterocycles. The van der Waals surface area contributed by atoms with Crippen molar-refractivity contribution in [2.75, 3.05) is 19.6 Å². The van der Waals surface area contributed by atoms with E-state index in [0.29, 0.717) is 30.8 Å². The molecule has 0 aliphatic carbocycles. The first-order valence-electron chi connectivity index (χ1n) is 11.1. The van der Waals surface area contributed by atoms with Crippen molar-refractivity contribution in [1.29, 1.82) is 0 Å². The minimum Gasteiger partial charge on any atom is -0.385 e. The minimum atomic E-state index is -0.644. The van der Waals surface area contributed by atoms with Gasteiger partial charge < -0.3 is 14.5 Å². The molecule has 5 rings (SSSR count). The third-order valence-corrected chi connectivity index (χ3v) is 6.77. The maximum absolute atomic E-state index is 13.7. The van der Waals surface area contributed by atoms with Gasteiger partial charge in [-0.2, -0.15) is 0 Å². The molecule has 1 fully saturated rings. The van der Waals surface area contributed by atoms with Crippen molar-refractivity contribution in [2.45, 2.75) is 57.6 Å². The fraction of sp³-hybridized carbons (Fsp3) is 0.522. The van der Waals surface area contributed by atoms with Crippen LogP contribution in [-0.2, 0) is 13.0 Å². The monoisotopic (exact) mass is 426 g/mol. The van der Waals surface area contributed by atoms with E-state index in [1.54, 1.807) is 10.6 Å². The summed E-state index contributed by atoms with van der Waals surface area (Å²) in [4.78, 5) is 19.9. The maximum Gasteiger partial charge on any atom is 0.257 e. The van der Waals surface area contributed by atoms with Crippen molar-refractivity contribution in [1.82, 2.24) is 19.6 Å². The van der Waals surface area contributed by atoms with Crippen molar-refractivity contribution in [2.24, 2.45) is 0 Å². The second-order valence-electron chi connectivity index (χ2n) is 8.72. The highest BCUT2D eigenvalue weighted by Crippen LogP contribution is 2.33. The summed E-state index contributed by atoms with van der Waals surface area (Å²) in [6.07, 6.45) is 3.31. The van der Waals surface area contributed by atoms with Crippen molar-refractivity contribution >= 4 is 11.0 Å². The summed E-state index contributed by atoms with van der Waals surface area (Å²) < 4.78 is 20.7. The Hall–Kier alpha value is -2.58. The van der Waals surface area contributed by atoms with Crippen LogP contribution in [0.15, 0.2) is 27.5 Å². The van der Waals surface area contributed by atoms with E-state index in [1.165, 1.54) is 12.1 Å². The predicted molar refractivity (Wildman–Crippen MR) is 114 cm³/mol. The Morgan fingerprint density at radius 1 is 1.23 bits per heavy atom. The smallest absolute Gasteiger partial charge is 0.257 e. The maximum atomic E-state index is 13.7. The Balaban J connectivity index is 1.25. The van der Waals surface area contributed by atoms with E-state index in [4.69, 9.17) is 4.52 Å². The summed E-state index contributed by atoms with van der Waals surface area (Å²) in [5.41, 5.74) is 2.94. The van der Waals surface area contributed by atoms with Gasteiger partial charge in [-0.15, -0.1) is 0 Å². The number of fused-ring (bicyclic) bond motifs is 2. The Kier molecular flexibility index (Phi) is 5.35. The van der Waals surface area contributed by atoms with Gasteiger partial charge >= 0.3 is 0 Å². The number of piperidine rings is 1. The third-order valence-electron chi connectivity index (χ3n) is 6.77. The second kappa shape index (κ2) is 8.16. The van der Waals surface area contributed by atoms with Gasteiger partial charge in [-0.1, -0.05) is 5.16 Å². The summed E-state index contributed by atoms with van der Waals surface area (Å²) in [7, 11) is 0. The van der Waals surface area contributed by atoms with Gasteiger partial charge in [-0.25, -0.2) is 9.37 Å². The van der Waals surface area contributed by atoms with Crippen molar-refractivity contribution < 1.29 is 14.0 Å². The fourth-order valence-electron chi connectivity index (χ4n) is 4.98. The molecule has 2 aliphatic heterocycles. The molecule has 0 amide bonds. The number of benzene rings is 1. The lowest BCUT2D eigenvalue weighted by atomic mass is 9.91. The molecular formula is C23H27FN4O3. The van der Waals surface area contributed by atoms with Crippen LogP contribution < -0.4 is 5.56 Å². The minimum absolute atomic E-state index is 0.00719. The van der Waals surface area contributed by atoms with Gasteiger partial charge in [0.25, 0.3) is 5.56 Å². The number of aliphatic hydroxyl groups excluding tert-OH is 1. The molecule has 7 nitrogen and oxygen atoms in total. The van der Waals surface area contributed by atoms with E-state index in [1.807, 2.05) is 6.92 Å². The highest BCUT2D eigenvalue weighted by Gasteiger charge is 2.27. The van der Waals surface area contributed by atoms with Gasteiger partial charge in [0.1, 0.15) is 17.7 Å². The molecule has 1 aromatic carbocycles. The van der Waals surface area contributed by atoms with E-state index < -0.39 is 6.10 Å². The van der Waals surface area contributed by atoms with Gasteiger partial charge in [-0.3, -0.25) is 9.36 Å². The highest BCUT2D eigenvalue weighted by molar-refractivity contribution is 5.79. The second-order valence-corrected chi connectivity index (χ2v) is 8.72. The van der Waals surface area contributed by atoms with Crippen molar-refractivity contribution in [3.8, 4) is 0 Å². The molecule has 0 bridgehead atoms. The van der Waals surface area contributed by atoms with Crippen LogP contribution in [0.3, 0.4) is 0 Å². The number of halogens is 1. The Labute approximate surface area is 179 Å². The van der Waals surface area contributed by atoms with Gasteiger partial charge in [0.05, 0.1) is 5.69 Å². The lowest BCUT2D eigenvalue weighted by molar-refractivity contribution is 0.129. The molecule has 31 heavy (non-hydrogen) atoms. The van der Waals surface area contributed by atoms with E-state index in [2.05, 4.69) is 15.0 Å². The van der Waals surface area contributed by atoms with Crippen molar-refractivity contribution in [3.05, 3.63) is 57.1 Å². The highest BCUT2D eigenvalue weighted by atomic mass is 19.1. The van der Waals surface area contributed by atoms with Crippen LogP contribution in [0.5, 0.6) is 0 Å². The van der Waals surface area contributed by atoms with E-state index >= 15 is 0 Å². The van der Waals surface area contributed by atoms with E-state index in [-0.39, 0.29) is 17.3 Å². The summed E-state index contributed by atoms with van der Waals surface area (Å²) in [6, 6.07) is 4.52. The predicted octanol–water partition coefficient (Wildman–Crippen LogP) is 3.08. The average Bonchev–Trinajstić information content (AvgIpc) is 3.18. The Morgan fingerprint density at radius 2 is 2.03 bits per heavy atom. The zero-order valence-electron chi connectivity index (χ0n) is 17.7. The lowest BCUT2D eigenvalue weighted by Gasteiger charge is -2.31. The average molecular weight is 426 g/mol. The molecule has 0 saturated carbocycles. The number of rotatable bonds is 4. The van der Waals surface area contributed by atoms with Gasteiger partial charge in [0, 0.05) is 35.7 Å². The lowest BCUT2D eigenvalue weighted by Crippen LogP contribution is -2.37. The molecule has 0 radical (unpaired) electrons. The molecule has 164 valence electrons. The summed E-state index contributed by atoms with van der Waals surface area (Å²) >= 11 is 0. The molecule has 2 aliphatic rings. The summed E-state index contributed by atoms with van der Waals surface area (Å²) in [5.74, 6) is 0.482. The van der Waals surface area contributed by atoms with Gasteiger partial charge in [0.2, 0.25) is 0 Å². The number of hydrogen-bond acceptors (Lipinski definition) is 6. The summed E-state index contributed by atoms with van der Waals surface area (Å²) in [6.45, 7) is 5.07. The van der Waals surface area contributed by atoms with Crippen LogP contribution in [0.4, 0.5) is 4.39 Å². The van der Waals surface area contributed by atoms with Crippen LogP contribution in [0, 0.1) is 12.7 Å². The number of nitrogens with zero attached hydrogens (tertiary/aromatic N) is 4. The zero-order chi connectivity index (χ0) is 21.5. The van der Waals surface area contributed by atoms with E-state index in [0.717, 1.165) is 61.2 Å².